The van der Waals surface area contributed by atoms with E-state index in [2.05, 4.69) is 52.1 Å². The van der Waals surface area contributed by atoms with E-state index in [-0.39, 0.29) is 12.5 Å². The Kier molecular flexibility index (Phi) is 12.4. The molecule has 26 heavy (non-hydrogen) atoms. The maximum Gasteiger partial charge on any atom is 0.322 e. The van der Waals surface area contributed by atoms with Crippen molar-refractivity contribution in [1.82, 2.24) is 5.32 Å². The van der Waals surface area contributed by atoms with Gasteiger partial charge in [-0.3, -0.25) is 9.59 Å². The summed E-state index contributed by atoms with van der Waals surface area (Å²) in [6, 6.07) is 0. The predicted octanol–water partition coefficient (Wildman–Crippen LogP) is 5.12. The fourth-order valence-electron chi connectivity index (χ4n) is 3.02. The smallest absolute Gasteiger partial charge is 0.322 e. The standard InChI is InChI=1S/C22H37NO3/c1-16(2)8-7-9-17(3)12-19(5)14-20(6)13-18(4)10-11-21(24)23-15-22(25)26/h9-11,13,16,19-20H,7-8,12,14-15H2,1-6H3,(H,23,24)(H,25,26). The monoisotopic (exact) mass is 363 g/mol. The molecule has 148 valence electrons. The van der Waals surface area contributed by atoms with E-state index >= 15 is 0 Å². The van der Waals surface area contributed by atoms with Gasteiger partial charge in [-0.05, 0) is 57.3 Å². The lowest BCUT2D eigenvalue weighted by Crippen LogP contribution is -2.27. The number of allylic oxidation sites excluding steroid dienone is 5. The number of hydrogen-bond donors (Lipinski definition) is 2. The zero-order chi connectivity index (χ0) is 20.1. The number of hydrogen-bond acceptors (Lipinski definition) is 2. The van der Waals surface area contributed by atoms with Gasteiger partial charge in [0.2, 0.25) is 5.91 Å². The molecule has 0 rings (SSSR count). The van der Waals surface area contributed by atoms with Gasteiger partial charge in [0, 0.05) is 6.08 Å². The van der Waals surface area contributed by atoms with Crippen LogP contribution in [0.3, 0.4) is 0 Å². The first-order valence-corrected chi connectivity index (χ1v) is 9.61. The molecule has 0 spiro atoms. The molecule has 4 heteroatoms. The fourth-order valence-corrected chi connectivity index (χ4v) is 3.02. The molecule has 0 radical (unpaired) electrons. The number of carbonyl (C=O) groups is 2. The van der Waals surface area contributed by atoms with Crippen LogP contribution in [0.4, 0.5) is 0 Å². The van der Waals surface area contributed by atoms with E-state index in [9.17, 15) is 9.59 Å². The van der Waals surface area contributed by atoms with Crippen LogP contribution in [-0.2, 0) is 9.59 Å². The molecular formula is C22H37NO3. The zero-order valence-corrected chi connectivity index (χ0v) is 17.3. The summed E-state index contributed by atoms with van der Waals surface area (Å²) in [6.45, 7) is 12.8. The average Bonchev–Trinajstić information content (AvgIpc) is 2.49. The van der Waals surface area contributed by atoms with E-state index in [0.29, 0.717) is 11.8 Å². The second-order valence-corrected chi connectivity index (χ2v) is 7.90. The van der Waals surface area contributed by atoms with Crippen molar-refractivity contribution in [3.05, 3.63) is 35.5 Å². The summed E-state index contributed by atoms with van der Waals surface area (Å²) < 4.78 is 0. The van der Waals surface area contributed by atoms with Gasteiger partial charge in [-0.1, -0.05) is 57.1 Å². The highest BCUT2D eigenvalue weighted by Crippen LogP contribution is 2.22. The van der Waals surface area contributed by atoms with Crippen molar-refractivity contribution in [2.24, 2.45) is 17.8 Å². The van der Waals surface area contributed by atoms with Crippen molar-refractivity contribution in [3.8, 4) is 0 Å². The summed E-state index contributed by atoms with van der Waals surface area (Å²) in [4.78, 5) is 21.9. The maximum absolute atomic E-state index is 11.5. The molecule has 0 aliphatic carbocycles. The van der Waals surface area contributed by atoms with Crippen LogP contribution in [0.15, 0.2) is 35.5 Å². The van der Waals surface area contributed by atoms with Gasteiger partial charge in [-0.2, -0.15) is 0 Å². The summed E-state index contributed by atoms with van der Waals surface area (Å²) in [5.74, 6) is 0.370. The lowest BCUT2D eigenvalue weighted by molar-refractivity contribution is -0.137. The molecule has 1 amide bonds. The molecule has 0 aliphatic rings. The van der Waals surface area contributed by atoms with Gasteiger partial charge in [0.05, 0.1) is 0 Å². The third kappa shape index (κ3) is 14.5. The van der Waals surface area contributed by atoms with E-state index in [1.54, 1.807) is 6.08 Å². The third-order valence-corrected chi connectivity index (χ3v) is 4.14. The van der Waals surface area contributed by atoms with Gasteiger partial charge in [-0.15, -0.1) is 0 Å². The molecule has 0 aliphatic heterocycles. The number of carbonyl (C=O) groups excluding carboxylic acids is 1. The van der Waals surface area contributed by atoms with Crippen molar-refractivity contribution in [2.75, 3.05) is 6.54 Å². The van der Waals surface area contributed by atoms with Gasteiger partial charge >= 0.3 is 5.97 Å². The van der Waals surface area contributed by atoms with Crippen LogP contribution in [0, 0.1) is 17.8 Å². The van der Waals surface area contributed by atoms with Gasteiger partial charge in [0.1, 0.15) is 6.54 Å². The van der Waals surface area contributed by atoms with Crippen molar-refractivity contribution >= 4 is 11.9 Å². The summed E-state index contributed by atoms with van der Waals surface area (Å²) >= 11 is 0. The first kappa shape index (κ1) is 24.2. The van der Waals surface area contributed by atoms with Crippen molar-refractivity contribution in [1.29, 1.82) is 0 Å². The van der Waals surface area contributed by atoms with Crippen LogP contribution in [-0.4, -0.2) is 23.5 Å². The van der Waals surface area contributed by atoms with Gasteiger partial charge in [0.25, 0.3) is 0 Å². The Morgan fingerprint density at radius 3 is 2.31 bits per heavy atom. The van der Waals surface area contributed by atoms with Crippen LogP contribution in [0.2, 0.25) is 0 Å². The first-order chi connectivity index (χ1) is 12.1. The number of carboxylic acid groups (broad SMARTS) is 1. The molecular weight excluding hydrogens is 326 g/mol. The van der Waals surface area contributed by atoms with Crippen molar-refractivity contribution in [3.63, 3.8) is 0 Å². The number of rotatable bonds is 12. The van der Waals surface area contributed by atoms with E-state index in [0.717, 1.165) is 24.3 Å². The second kappa shape index (κ2) is 13.4. The van der Waals surface area contributed by atoms with Crippen molar-refractivity contribution in [2.45, 2.75) is 67.2 Å². The van der Waals surface area contributed by atoms with E-state index in [1.165, 1.54) is 24.5 Å². The normalized spacial score (nSPS) is 15.3. The molecule has 0 aromatic heterocycles. The molecule has 0 saturated heterocycles. The fraction of sp³-hybridized carbons (Fsp3) is 0.636. The molecule has 0 bridgehead atoms. The van der Waals surface area contributed by atoms with Gasteiger partial charge in [-0.25, -0.2) is 0 Å². The second-order valence-electron chi connectivity index (χ2n) is 7.90. The van der Waals surface area contributed by atoms with E-state index < -0.39 is 5.97 Å². The van der Waals surface area contributed by atoms with E-state index in [4.69, 9.17) is 5.11 Å². The largest absolute Gasteiger partial charge is 0.480 e. The Bertz CT molecular complexity index is 530. The van der Waals surface area contributed by atoms with Crippen LogP contribution >= 0.6 is 0 Å². The molecule has 2 unspecified atom stereocenters. The van der Waals surface area contributed by atoms with Crippen LogP contribution in [0.25, 0.3) is 0 Å². The Labute approximate surface area is 159 Å². The first-order valence-electron chi connectivity index (χ1n) is 9.61. The van der Waals surface area contributed by atoms with Crippen LogP contribution < -0.4 is 5.32 Å². The van der Waals surface area contributed by atoms with Crippen LogP contribution in [0.5, 0.6) is 0 Å². The molecule has 0 fully saturated rings. The predicted molar refractivity (Wildman–Crippen MR) is 109 cm³/mol. The number of amides is 1. The third-order valence-electron chi connectivity index (χ3n) is 4.14. The lowest BCUT2D eigenvalue weighted by atomic mass is 9.90. The Hall–Kier alpha value is -1.84. The van der Waals surface area contributed by atoms with E-state index in [1.807, 2.05) is 6.92 Å². The molecule has 4 nitrogen and oxygen atoms in total. The Morgan fingerprint density at radius 2 is 1.73 bits per heavy atom. The average molecular weight is 364 g/mol. The quantitative estimate of drug-likeness (QED) is 0.287. The minimum Gasteiger partial charge on any atom is -0.480 e. The number of nitrogens with one attached hydrogen (secondary N) is 1. The summed E-state index contributed by atoms with van der Waals surface area (Å²) in [5.41, 5.74) is 2.49. The summed E-state index contributed by atoms with van der Waals surface area (Å²) in [5, 5.41) is 10.8. The topological polar surface area (TPSA) is 66.4 Å². The molecule has 0 saturated carbocycles. The van der Waals surface area contributed by atoms with Gasteiger partial charge < -0.3 is 10.4 Å². The molecule has 2 atom stereocenters. The highest BCUT2D eigenvalue weighted by atomic mass is 16.4. The SMILES string of the molecule is CC(C=CC(=O)NCC(=O)O)=CC(C)CC(C)CC(C)=CCCC(C)C. The zero-order valence-electron chi connectivity index (χ0n) is 17.3. The summed E-state index contributed by atoms with van der Waals surface area (Å²) in [6.07, 6.45) is 12.3. The molecule has 2 N–H and O–H groups in total. The molecule has 0 heterocycles. The number of aliphatic carboxylic acids is 1. The maximum atomic E-state index is 11.5. The van der Waals surface area contributed by atoms with Gasteiger partial charge in [0.15, 0.2) is 0 Å². The highest BCUT2D eigenvalue weighted by Gasteiger charge is 2.08. The minimum atomic E-state index is -1.05. The Balaban J connectivity index is 4.35. The molecule has 0 aromatic rings. The summed E-state index contributed by atoms with van der Waals surface area (Å²) in [7, 11) is 0. The minimum absolute atomic E-state index is 0.357. The van der Waals surface area contributed by atoms with Crippen molar-refractivity contribution < 1.29 is 14.7 Å². The Morgan fingerprint density at radius 1 is 1.08 bits per heavy atom. The lowest BCUT2D eigenvalue weighted by Gasteiger charge is -2.15. The van der Waals surface area contributed by atoms with Crippen LogP contribution in [0.1, 0.15) is 67.2 Å². The molecule has 0 aromatic carbocycles. The number of carboxylic acids is 1. The highest BCUT2D eigenvalue weighted by molar-refractivity contribution is 5.90.